The number of fused-ring (bicyclic) bond motifs is 1. The van der Waals surface area contributed by atoms with Gasteiger partial charge in [-0.1, -0.05) is 18.2 Å². The van der Waals surface area contributed by atoms with Gasteiger partial charge in [0, 0.05) is 24.7 Å². The van der Waals surface area contributed by atoms with Crippen molar-refractivity contribution in [3.05, 3.63) is 42.1 Å². The van der Waals surface area contributed by atoms with Gasteiger partial charge in [0.05, 0.1) is 11.1 Å². The van der Waals surface area contributed by atoms with Crippen molar-refractivity contribution >= 4 is 16.8 Å². The number of likely N-dealkylation sites (tertiary alicyclic amines) is 1. The molecule has 16 heavy (non-hydrogen) atoms. The molecule has 0 aliphatic carbocycles. The molecule has 0 atom stereocenters. The van der Waals surface area contributed by atoms with E-state index in [0.717, 1.165) is 36.0 Å². The zero-order chi connectivity index (χ0) is 11.0. The number of rotatable bonds is 1. The Kier molecular flexibility index (Phi) is 2.10. The molecule has 0 saturated carbocycles. The number of para-hydroxylation sites is 1. The van der Waals surface area contributed by atoms with Crippen molar-refractivity contribution in [2.75, 3.05) is 13.1 Å². The maximum absolute atomic E-state index is 12.1. The van der Waals surface area contributed by atoms with Gasteiger partial charge in [0.25, 0.3) is 5.91 Å². The van der Waals surface area contributed by atoms with Gasteiger partial charge in [-0.3, -0.25) is 9.78 Å². The summed E-state index contributed by atoms with van der Waals surface area (Å²) in [6.45, 7) is 1.77. The van der Waals surface area contributed by atoms with Crippen molar-refractivity contribution in [2.24, 2.45) is 0 Å². The van der Waals surface area contributed by atoms with Gasteiger partial charge >= 0.3 is 0 Å². The number of hydrogen-bond donors (Lipinski definition) is 0. The number of carbonyl (C=O) groups excluding carboxylic acids is 1. The largest absolute Gasteiger partial charge is 0.338 e. The summed E-state index contributed by atoms with van der Waals surface area (Å²) in [7, 11) is 0. The summed E-state index contributed by atoms with van der Waals surface area (Å²) in [6.07, 6.45) is 2.82. The molecule has 3 nitrogen and oxygen atoms in total. The van der Waals surface area contributed by atoms with E-state index in [-0.39, 0.29) is 5.91 Å². The Bertz CT molecular complexity index is 541. The van der Waals surface area contributed by atoms with Crippen LogP contribution in [0.2, 0.25) is 0 Å². The molecule has 1 aliphatic heterocycles. The van der Waals surface area contributed by atoms with Crippen molar-refractivity contribution in [1.29, 1.82) is 0 Å². The Morgan fingerprint density at radius 2 is 2.00 bits per heavy atom. The molecule has 1 saturated heterocycles. The lowest BCUT2D eigenvalue weighted by Gasteiger charge is -2.31. The van der Waals surface area contributed by atoms with Crippen LogP contribution in [0.1, 0.15) is 16.8 Å². The van der Waals surface area contributed by atoms with E-state index in [1.54, 1.807) is 6.20 Å². The summed E-state index contributed by atoms with van der Waals surface area (Å²) in [5, 5.41) is 0.946. The lowest BCUT2D eigenvalue weighted by Crippen LogP contribution is -2.42. The first-order chi connectivity index (χ1) is 7.86. The highest BCUT2D eigenvalue weighted by Gasteiger charge is 2.22. The van der Waals surface area contributed by atoms with Gasteiger partial charge in [-0.15, -0.1) is 0 Å². The van der Waals surface area contributed by atoms with Gasteiger partial charge in [-0.05, 0) is 18.6 Å². The van der Waals surface area contributed by atoms with Gasteiger partial charge in [0.2, 0.25) is 0 Å². The number of aromatic nitrogens is 1. The van der Waals surface area contributed by atoms with Crippen LogP contribution in [0.3, 0.4) is 0 Å². The third kappa shape index (κ3) is 1.36. The number of amides is 1. The minimum absolute atomic E-state index is 0.129. The molecule has 3 rings (SSSR count). The highest BCUT2D eigenvalue weighted by Crippen LogP contribution is 2.20. The molecule has 0 N–H and O–H groups in total. The molecule has 0 spiro atoms. The number of nitrogens with zero attached hydrogens (tertiary/aromatic N) is 2. The molecule has 2 heterocycles. The maximum Gasteiger partial charge on any atom is 0.254 e. The lowest BCUT2D eigenvalue weighted by atomic mass is 10.1. The lowest BCUT2D eigenvalue weighted by molar-refractivity contribution is 0.0654. The fraction of sp³-hybridized carbons (Fsp3) is 0.231. The van der Waals surface area contributed by atoms with Crippen LogP contribution in [-0.2, 0) is 0 Å². The predicted octanol–water partition coefficient (Wildman–Crippen LogP) is 2.08. The minimum atomic E-state index is 0.129. The third-order valence-corrected chi connectivity index (χ3v) is 3.02. The molecule has 0 bridgehead atoms. The van der Waals surface area contributed by atoms with Gasteiger partial charge in [-0.2, -0.15) is 0 Å². The molecule has 1 aromatic carbocycles. The van der Waals surface area contributed by atoms with Crippen LogP contribution in [0.4, 0.5) is 0 Å². The fourth-order valence-electron chi connectivity index (χ4n) is 1.97. The summed E-state index contributed by atoms with van der Waals surface area (Å²) < 4.78 is 0. The molecule has 1 fully saturated rings. The van der Waals surface area contributed by atoms with Crippen LogP contribution in [0.15, 0.2) is 36.5 Å². The van der Waals surface area contributed by atoms with Gasteiger partial charge in [-0.25, -0.2) is 0 Å². The Balaban J connectivity index is 2.12. The SMILES string of the molecule is O=C(c1ccnc2ccccc12)N1CCC1. The van der Waals surface area contributed by atoms with E-state index in [4.69, 9.17) is 0 Å². The molecule has 1 amide bonds. The number of carbonyl (C=O) groups is 1. The normalized spacial score (nSPS) is 14.9. The Labute approximate surface area is 93.7 Å². The van der Waals surface area contributed by atoms with Crippen LogP contribution in [0.5, 0.6) is 0 Å². The Morgan fingerprint density at radius 3 is 2.75 bits per heavy atom. The number of benzene rings is 1. The van der Waals surface area contributed by atoms with Gasteiger partial charge < -0.3 is 4.90 Å². The van der Waals surface area contributed by atoms with Gasteiger partial charge in [0.1, 0.15) is 0 Å². The first-order valence-corrected chi connectivity index (χ1v) is 5.49. The van der Waals surface area contributed by atoms with Crippen LogP contribution < -0.4 is 0 Å². The summed E-state index contributed by atoms with van der Waals surface area (Å²) in [6, 6.07) is 9.57. The molecule has 1 aliphatic rings. The first kappa shape index (κ1) is 9.33. The summed E-state index contributed by atoms with van der Waals surface area (Å²) in [5.74, 6) is 0.129. The Hall–Kier alpha value is -1.90. The van der Waals surface area contributed by atoms with Crippen LogP contribution >= 0.6 is 0 Å². The van der Waals surface area contributed by atoms with E-state index in [0.29, 0.717) is 0 Å². The van der Waals surface area contributed by atoms with E-state index in [2.05, 4.69) is 4.98 Å². The summed E-state index contributed by atoms with van der Waals surface area (Å²) in [5.41, 5.74) is 1.65. The van der Waals surface area contributed by atoms with Gasteiger partial charge in [0.15, 0.2) is 0 Å². The topological polar surface area (TPSA) is 33.2 Å². The molecule has 2 aromatic rings. The molecule has 3 heteroatoms. The summed E-state index contributed by atoms with van der Waals surface area (Å²) in [4.78, 5) is 18.3. The van der Waals surface area contributed by atoms with Crippen molar-refractivity contribution in [3.63, 3.8) is 0 Å². The van der Waals surface area contributed by atoms with E-state index in [9.17, 15) is 4.79 Å². The zero-order valence-electron chi connectivity index (χ0n) is 8.89. The molecule has 0 radical (unpaired) electrons. The average molecular weight is 212 g/mol. The molecule has 80 valence electrons. The van der Waals surface area contributed by atoms with Crippen molar-refractivity contribution in [1.82, 2.24) is 9.88 Å². The highest BCUT2D eigenvalue weighted by atomic mass is 16.2. The second-order valence-corrected chi connectivity index (χ2v) is 4.02. The standard InChI is InChI=1S/C13H12N2O/c16-13(15-8-3-9-15)11-6-7-14-12-5-2-1-4-10(11)12/h1-2,4-7H,3,8-9H2. The van der Waals surface area contributed by atoms with Crippen LogP contribution in [0.25, 0.3) is 10.9 Å². The first-order valence-electron chi connectivity index (χ1n) is 5.49. The molecule has 1 aromatic heterocycles. The minimum Gasteiger partial charge on any atom is -0.338 e. The van der Waals surface area contributed by atoms with E-state index >= 15 is 0 Å². The zero-order valence-corrected chi connectivity index (χ0v) is 8.89. The van der Waals surface area contributed by atoms with E-state index < -0.39 is 0 Å². The molecular weight excluding hydrogens is 200 g/mol. The molecular formula is C13H12N2O. The highest BCUT2D eigenvalue weighted by molar-refractivity contribution is 6.06. The van der Waals surface area contributed by atoms with Crippen LogP contribution in [-0.4, -0.2) is 28.9 Å². The average Bonchev–Trinajstić information content (AvgIpc) is 2.26. The predicted molar refractivity (Wildman–Crippen MR) is 62.3 cm³/mol. The molecule has 0 unspecified atom stereocenters. The van der Waals surface area contributed by atoms with Crippen molar-refractivity contribution < 1.29 is 4.79 Å². The van der Waals surface area contributed by atoms with E-state index in [1.165, 1.54) is 0 Å². The number of pyridine rings is 1. The van der Waals surface area contributed by atoms with E-state index in [1.807, 2.05) is 35.2 Å². The quantitative estimate of drug-likeness (QED) is 0.725. The Morgan fingerprint density at radius 1 is 1.19 bits per heavy atom. The summed E-state index contributed by atoms with van der Waals surface area (Å²) >= 11 is 0. The third-order valence-electron chi connectivity index (χ3n) is 3.02. The second-order valence-electron chi connectivity index (χ2n) is 4.02. The van der Waals surface area contributed by atoms with Crippen molar-refractivity contribution in [3.8, 4) is 0 Å². The number of hydrogen-bond acceptors (Lipinski definition) is 2. The second kappa shape index (κ2) is 3.59. The fourth-order valence-corrected chi connectivity index (χ4v) is 1.97. The monoisotopic (exact) mass is 212 g/mol. The van der Waals surface area contributed by atoms with Crippen LogP contribution in [0, 0.1) is 0 Å². The maximum atomic E-state index is 12.1. The van der Waals surface area contributed by atoms with Crippen molar-refractivity contribution in [2.45, 2.75) is 6.42 Å². The smallest absolute Gasteiger partial charge is 0.254 e.